The van der Waals surface area contributed by atoms with E-state index in [0.29, 0.717) is 12.2 Å². The SMILES string of the molecule is COCCNC(C)c1ccc(C)c([N+](=O)[O-])c1. The van der Waals surface area contributed by atoms with Crippen LogP contribution in [0.3, 0.4) is 0 Å². The van der Waals surface area contributed by atoms with Gasteiger partial charge in [-0.25, -0.2) is 0 Å². The Morgan fingerprint density at radius 3 is 2.82 bits per heavy atom. The maximum atomic E-state index is 10.8. The molecule has 1 N–H and O–H groups in total. The summed E-state index contributed by atoms with van der Waals surface area (Å²) in [7, 11) is 1.64. The van der Waals surface area contributed by atoms with Crippen molar-refractivity contribution in [2.24, 2.45) is 0 Å². The molecule has 17 heavy (non-hydrogen) atoms. The molecule has 0 aliphatic carbocycles. The van der Waals surface area contributed by atoms with Gasteiger partial charge in [0.25, 0.3) is 5.69 Å². The molecule has 0 spiro atoms. The van der Waals surface area contributed by atoms with Gasteiger partial charge in [0.05, 0.1) is 11.5 Å². The molecule has 1 unspecified atom stereocenters. The van der Waals surface area contributed by atoms with Gasteiger partial charge in [-0.3, -0.25) is 10.1 Å². The smallest absolute Gasteiger partial charge is 0.272 e. The first-order valence-electron chi connectivity index (χ1n) is 5.53. The van der Waals surface area contributed by atoms with Crippen LogP contribution < -0.4 is 5.32 Å². The van der Waals surface area contributed by atoms with Crippen LogP contribution in [0.1, 0.15) is 24.1 Å². The van der Waals surface area contributed by atoms with Crippen molar-refractivity contribution in [3.05, 3.63) is 39.4 Å². The van der Waals surface area contributed by atoms with Crippen LogP contribution in [0.2, 0.25) is 0 Å². The van der Waals surface area contributed by atoms with Gasteiger partial charge in [-0.2, -0.15) is 0 Å². The maximum Gasteiger partial charge on any atom is 0.272 e. The number of nitrogens with one attached hydrogen (secondary N) is 1. The highest BCUT2D eigenvalue weighted by Crippen LogP contribution is 2.22. The van der Waals surface area contributed by atoms with Crippen molar-refractivity contribution in [1.82, 2.24) is 5.32 Å². The number of ether oxygens (including phenoxy) is 1. The van der Waals surface area contributed by atoms with E-state index in [-0.39, 0.29) is 16.7 Å². The summed E-state index contributed by atoms with van der Waals surface area (Å²) >= 11 is 0. The molecule has 0 aliphatic rings. The molecular weight excluding hydrogens is 220 g/mol. The summed E-state index contributed by atoms with van der Waals surface area (Å²) in [5.74, 6) is 0. The Morgan fingerprint density at radius 2 is 2.24 bits per heavy atom. The van der Waals surface area contributed by atoms with E-state index in [1.807, 2.05) is 13.0 Å². The lowest BCUT2D eigenvalue weighted by Gasteiger charge is -2.14. The van der Waals surface area contributed by atoms with Gasteiger partial charge < -0.3 is 10.1 Å². The third-order valence-electron chi connectivity index (χ3n) is 2.69. The average molecular weight is 238 g/mol. The maximum absolute atomic E-state index is 10.8. The van der Waals surface area contributed by atoms with E-state index in [1.54, 1.807) is 26.2 Å². The lowest BCUT2D eigenvalue weighted by Crippen LogP contribution is -2.22. The van der Waals surface area contributed by atoms with Crippen molar-refractivity contribution < 1.29 is 9.66 Å². The van der Waals surface area contributed by atoms with Crippen molar-refractivity contribution in [3.8, 4) is 0 Å². The Balaban J connectivity index is 2.77. The predicted molar refractivity (Wildman–Crippen MR) is 66.1 cm³/mol. The van der Waals surface area contributed by atoms with Crippen molar-refractivity contribution in [2.75, 3.05) is 20.3 Å². The van der Waals surface area contributed by atoms with Crippen LogP contribution in [0, 0.1) is 17.0 Å². The molecule has 0 fully saturated rings. The van der Waals surface area contributed by atoms with Gasteiger partial charge in [0.2, 0.25) is 0 Å². The Hall–Kier alpha value is -1.46. The summed E-state index contributed by atoms with van der Waals surface area (Å²) in [5, 5.41) is 14.1. The summed E-state index contributed by atoms with van der Waals surface area (Å²) in [6.45, 7) is 5.06. The molecule has 0 amide bonds. The van der Waals surface area contributed by atoms with Gasteiger partial charge in [0.15, 0.2) is 0 Å². The fraction of sp³-hybridized carbons (Fsp3) is 0.500. The second-order valence-electron chi connectivity index (χ2n) is 3.97. The molecule has 0 heterocycles. The van der Waals surface area contributed by atoms with Gasteiger partial charge in [0, 0.05) is 31.3 Å². The van der Waals surface area contributed by atoms with Crippen LogP contribution in [0.4, 0.5) is 5.69 Å². The Bertz CT molecular complexity index is 393. The van der Waals surface area contributed by atoms with Crippen molar-refractivity contribution >= 4 is 5.69 Å². The minimum atomic E-state index is -0.347. The fourth-order valence-electron chi connectivity index (χ4n) is 1.59. The van der Waals surface area contributed by atoms with E-state index in [0.717, 1.165) is 12.1 Å². The number of benzene rings is 1. The van der Waals surface area contributed by atoms with Crippen LogP contribution >= 0.6 is 0 Å². The number of aryl methyl sites for hydroxylation is 1. The molecule has 1 aromatic carbocycles. The molecular formula is C12H18N2O3. The van der Waals surface area contributed by atoms with E-state index >= 15 is 0 Å². The Labute approximate surface area is 101 Å². The van der Waals surface area contributed by atoms with E-state index in [9.17, 15) is 10.1 Å². The highest BCUT2D eigenvalue weighted by molar-refractivity contribution is 5.43. The van der Waals surface area contributed by atoms with E-state index in [4.69, 9.17) is 4.74 Å². The molecule has 5 nitrogen and oxygen atoms in total. The third-order valence-corrected chi connectivity index (χ3v) is 2.69. The summed E-state index contributed by atoms with van der Waals surface area (Å²) in [6, 6.07) is 5.39. The van der Waals surface area contributed by atoms with Gasteiger partial charge in [0.1, 0.15) is 0 Å². The predicted octanol–water partition coefficient (Wildman–Crippen LogP) is 2.20. The van der Waals surface area contributed by atoms with Gasteiger partial charge in [-0.15, -0.1) is 0 Å². The van der Waals surface area contributed by atoms with Gasteiger partial charge in [-0.1, -0.05) is 12.1 Å². The Morgan fingerprint density at radius 1 is 1.53 bits per heavy atom. The second-order valence-corrected chi connectivity index (χ2v) is 3.97. The number of hydrogen-bond donors (Lipinski definition) is 1. The number of methoxy groups -OCH3 is 1. The highest BCUT2D eigenvalue weighted by Gasteiger charge is 2.13. The molecule has 0 saturated heterocycles. The van der Waals surface area contributed by atoms with E-state index < -0.39 is 0 Å². The Kier molecular flexibility index (Phi) is 5.06. The molecule has 1 atom stereocenters. The first-order chi connectivity index (χ1) is 8.06. The first-order valence-corrected chi connectivity index (χ1v) is 5.53. The molecule has 0 bridgehead atoms. The fourth-order valence-corrected chi connectivity index (χ4v) is 1.59. The van der Waals surface area contributed by atoms with Crippen LogP contribution in [0.25, 0.3) is 0 Å². The van der Waals surface area contributed by atoms with Crippen molar-refractivity contribution in [3.63, 3.8) is 0 Å². The zero-order valence-corrected chi connectivity index (χ0v) is 10.4. The number of nitro groups is 1. The lowest BCUT2D eigenvalue weighted by atomic mass is 10.0. The van der Waals surface area contributed by atoms with Crippen molar-refractivity contribution in [2.45, 2.75) is 19.9 Å². The zero-order valence-electron chi connectivity index (χ0n) is 10.4. The molecule has 94 valence electrons. The standard InChI is InChI=1S/C12H18N2O3/c1-9-4-5-11(8-12(9)14(15)16)10(2)13-6-7-17-3/h4-5,8,10,13H,6-7H2,1-3H3. The normalized spacial score (nSPS) is 12.4. The topological polar surface area (TPSA) is 64.4 Å². The molecule has 0 aromatic heterocycles. The number of nitrogens with zero attached hydrogens (tertiary/aromatic N) is 1. The van der Waals surface area contributed by atoms with Gasteiger partial charge >= 0.3 is 0 Å². The molecule has 1 aromatic rings. The third kappa shape index (κ3) is 3.80. The van der Waals surface area contributed by atoms with Crippen LogP contribution in [-0.2, 0) is 4.74 Å². The van der Waals surface area contributed by atoms with Gasteiger partial charge in [-0.05, 0) is 19.4 Å². The quantitative estimate of drug-likeness (QED) is 0.469. The summed E-state index contributed by atoms with van der Waals surface area (Å²) in [6.07, 6.45) is 0. The summed E-state index contributed by atoms with van der Waals surface area (Å²) in [4.78, 5) is 10.5. The van der Waals surface area contributed by atoms with Crippen LogP contribution in [0.15, 0.2) is 18.2 Å². The molecule has 5 heteroatoms. The lowest BCUT2D eigenvalue weighted by molar-refractivity contribution is -0.385. The van der Waals surface area contributed by atoms with Crippen LogP contribution in [-0.4, -0.2) is 25.2 Å². The largest absolute Gasteiger partial charge is 0.383 e. The van der Waals surface area contributed by atoms with E-state index in [2.05, 4.69) is 5.32 Å². The molecule has 0 aliphatic heterocycles. The zero-order chi connectivity index (χ0) is 12.8. The minimum Gasteiger partial charge on any atom is -0.383 e. The summed E-state index contributed by atoms with van der Waals surface area (Å²) in [5.41, 5.74) is 1.77. The minimum absolute atomic E-state index is 0.0736. The van der Waals surface area contributed by atoms with Crippen molar-refractivity contribution in [1.29, 1.82) is 0 Å². The average Bonchev–Trinajstić information content (AvgIpc) is 2.29. The van der Waals surface area contributed by atoms with E-state index in [1.165, 1.54) is 0 Å². The molecule has 0 radical (unpaired) electrons. The monoisotopic (exact) mass is 238 g/mol. The number of rotatable bonds is 6. The van der Waals surface area contributed by atoms with Crippen LogP contribution in [0.5, 0.6) is 0 Å². The highest BCUT2D eigenvalue weighted by atomic mass is 16.6. The number of nitro benzene ring substituents is 1. The molecule has 1 rings (SSSR count). The second kappa shape index (κ2) is 6.32. The number of hydrogen-bond acceptors (Lipinski definition) is 4. The molecule has 0 saturated carbocycles. The first kappa shape index (κ1) is 13.6. The summed E-state index contributed by atoms with van der Waals surface area (Å²) < 4.78 is 4.94.